The number of aliphatic carboxylic acids is 1. The molecule has 0 aliphatic rings. The van der Waals surface area contributed by atoms with Crippen molar-refractivity contribution < 1.29 is 14.7 Å². The van der Waals surface area contributed by atoms with E-state index in [0.29, 0.717) is 13.0 Å². The molecule has 0 aromatic rings. The third-order valence-electron chi connectivity index (χ3n) is 2.45. The van der Waals surface area contributed by atoms with Gasteiger partial charge in [0.1, 0.15) is 0 Å². The summed E-state index contributed by atoms with van der Waals surface area (Å²) in [5.41, 5.74) is 0. The maximum Gasteiger partial charge on any atom is 0.304 e. The van der Waals surface area contributed by atoms with E-state index < -0.39 is 5.97 Å². The summed E-state index contributed by atoms with van der Waals surface area (Å²) >= 11 is 0. The van der Waals surface area contributed by atoms with Crippen molar-refractivity contribution >= 4 is 11.9 Å². The first kappa shape index (κ1) is 14.9. The van der Waals surface area contributed by atoms with Crippen LogP contribution < -0.4 is 0 Å². The Hall–Kier alpha value is -1.10. The van der Waals surface area contributed by atoms with E-state index >= 15 is 0 Å². The molecule has 1 N–H and O–H groups in total. The van der Waals surface area contributed by atoms with Crippen molar-refractivity contribution in [1.29, 1.82) is 0 Å². The van der Waals surface area contributed by atoms with Gasteiger partial charge in [0.15, 0.2) is 0 Å². The zero-order valence-corrected chi connectivity index (χ0v) is 10.4. The van der Waals surface area contributed by atoms with Gasteiger partial charge in [0.2, 0.25) is 5.91 Å². The van der Waals surface area contributed by atoms with Crippen LogP contribution in [-0.2, 0) is 9.59 Å². The van der Waals surface area contributed by atoms with E-state index in [0.717, 1.165) is 19.5 Å². The van der Waals surface area contributed by atoms with Crippen molar-refractivity contribution in [2.75, 3.05) is 33.7 Å². The first-order valence-electron chi connectivity index (χ1n) is 5.61. The quantitative estimate of drug-likeness (QED) is 0.665. The van der Waals surface area contributed by atoms with Crippen LogP contribution in [0.2, 0.25) is 0 Å². The van der Waals surface area contributed by atoms with Crippen LogP contribution in [-0.4, -0.2) is 60.5 Å². The van der Waals surface area contributed by atoms with E-state index in [1.165, 1.54) is 0 Å². The Kier molecular flexibility index (Phi) is 7.54. The molecular weight excluding hydrogens is 208 g/mol. The van der Waals surface area contributed by atoms with Gasteiger partial charge in [-0.25, -0.2) is 0 Å². The zero-order valence-electron chi connectivity index (χ0n) is 10.4. The summed E-state index contributed by atoms with van der Waals surface area (Å²) in [6.45, 7) is 4.16. The Morgan fingerprint density at radius 1 is 1.12 bits per heavy atom. The second kappa shape index (κ2) is 8.10. The summed E-state index contributed by atoms with van der Waals surface area (Å²) in [6, 6.07) is 0. The van der Waals surface area contributed by atoms with E-state index in [2.05, 4.69) is 4.90 Å². The summed E-state index contributed by atoms with van der Waals surface area (Å²) in [6.07, 6.45) is 1.47. The van der Waals surface area contributed by atoms with Gasteiger partial charge in [-0.3, -0.25) is 9.59 Å². The molecule has 0 unspecified atom stereocenters. The Bertz CT molecular complexity index is 229. The number of hydrogen-bond donors (Lipinski definition) is 1. The lowest BCUT2D eigenvalue weighted by atomic mass is 10.2. The number of rotatable bonds is 8. The molecule has 1 amide bonds. The molecule has 0 aliphatic carbocycles. The second-order valence-electron chi connectivity index (χ2n) is 3.97. The third-order valence-corrected chi connectivity index (χ3v) is 2.45. The van der Waals surface area contributed by atoms with Crippen molar-refractivity contribution in [3.05, 3.63) is 0 Å². The lowest BCUT2D eigenvalue weighted by molar-refractivity contribution is -0.137. The smallest absolute Gasteiger partial charge is 0.304 e. The van der Waals surface area contributed by atoms with Crippen LogP contribution in [0, 0.1) is 0 Å². The lowest BCUT2D eigenvalue weighted by Crippen LogP contribution is -2.29. The maximum atomic E-state index is 11.3. The molecule has 0 rings (SSSR count). The van der Waals surface area contributed by atoms with Crippen LogP contribution in [0.3, 0.4) is 0 Å². The Morgan fingerprint density at radius 3 is 2.19 bits per heavy atom. The molecule has 0 saturated heterocycles. The SMILES string of the molecule is CCN(CCCC(=O)N(C)C)CCC(=O)O. The zero-order chi connectivity index (χ0) is 12.6. The van der Waals surface area contributed by atoms with Crippen LogP contribution in [0.4, 0.5) is 0 Å². The summed E-state index contributed by atoms with van der Waals surface area (Å²) in [4.78, 5) is 25.3. The molecule has 0 heterocycles. The van der Waals surface area contributed by atoms with E-state index in [4.69, 9.17) is 5.11 Å². The third kappa shape index (κ3) is 7.23. The topological polar surface area (TPSA) is 60.9 Å². The fourth-order valence-corrected chi connectivity index (χ4v) is 1.36. The molecule has 94 valence electrons. The summed E-state index contributed by atoms with van der Waals surface area (Å²) < 4.78 is 0. The first-order valence-corrected chi connectivity index (χ1v) is 5.61. The van der Waals surface area contributed by atoms with Gasteiger partial charge >= 0.3 is 5.97 Å². The van der Waals surface area contributed by atoms with Crippen molar-refractivity contribution in [3.63, 3.8) is 0 Å². The van der Waals surface area contributed by atoms with Gasteiger partial charge in [-0.2, -0.15) is 0 Å². The normalized spacial score (nSPS) is 10.5. The van der Waals surface area contributed by atoms with E-state index in [1.54, 1.807) is 19.0 Å². The molecule has 0 fully saturated rings. The first-order chi connectivity index (χ1) is 7.47. The van der Waals surface area contributed by atoms with Gasteiger partial charge in [0, 0.05) is 27.1 Å². The van der Waals surface area contributed by atoms with Crippen LogP contribution in [0.1, 0.15) is 26.2 Å². The molecule has 5 heteroatoms. The average Bonchev–Trinajstić information content (AvgIpc) is 2.22. The van der Waals surface area contributed by atoms with Gasteiger partial charge in [0.25, 0.3) is 0 Å². The average molecular weight is 230 g/mol. The summed E-state index contributed by atoms with van der Waals surface area (Å²) in [5.74, 6) is -0.655. The minimum absolute atomic E-state index is 0.120. The van der Waals surface area contributed by atoms with Gasteiger partial charge in [0.05, 0.1) is 6.42 Å². The van der Waals surface area contributed by atoms with Crippen LogP contribution in [0.25, 0.3) is 0 Å². The minimum atomic E-state index is -0.775. The van der Waals surface area contributed by atoms with Crippen LogP contribution in [0.15, 0.2) is 0 Å². The number of carboxylic acid groups (broad SMARTS) is 1. The van der Waals surface area contributed by atoms with Gasteiger partial charge < -0.3 is 14.9 Å². The highest BCUT2D eigenvalue weighted by Crippen LogP contribution is 1.99. The van der Waals surface area contributed by atoms with Gasteiger partial charge in [-0.05, 0) is 19.5 Å². The Labute approximate surface area is 97.0 Å². The summed E-state index contributed by atoms with van der Waals surface area (Å²) in [7, 11) is 3.48. The van der Waals surface area contributed by atoms with Gasteiger partial charge in [-0.1, -0.05) is 6.92 Å². The van der Waals surface area contributed by atoms with E-state index in [-0.39, 0.29) is 12.3 Å². The highest BCUT2D eigenvalue weighted by Gasteiger charge is 2.07. The largest absolute Gasteiger partial charge is 0.481 e. The molecule has 16 heavy (non-hydrogen) atoms. The molecule has 0 radical (unpaired) electrons. The number of carbonyl (C=O) groups excluding carboxylic acids is 1. The van der Waals surface area contributed by atoms with Crippen LogP contribution in [0.5, 0.6) is 0 Å². The molecule has 0 saturated carbocycles. The fraction of sp³-hybridized carbons (Fsp3) is 0.818. The van der Waals surface area contributed by atoms with Crippen molar-refractivity contribution in [3.8, 4) is 0 Å². The molecule has 0 spiro atoms. The molecular formula is C11H22N2O3. The highest BCUT2D eigenvalue weighted by molar-refractivity contribution is 5.75. The predicted molar refractivity (Wildman–Crippen MR) is 62.3 cm³/mol. The van der Waals surface area contributed by atoms with E-state index in [1.807, 2.05) is 6.92 Å². The molecule has 0 aliphatic heterocycles. The van der Waals surface area contributed by atoms with E-state index in [9.17, 15) is 9.59 Å². The number of carbonyl (C=O) groups is 2. The standard InChI is InChI=1S/C11H22N2O3/c1-4-13(9-7-11(15)16)8-5-6-10(14)12(2)3/h4-9H2,1-3H3,(H,15,16). The minimum Gasteiger partial charge on any atom is -0.481 e. The molecule has 0 atom stereocenters. The molecule has 0 bridgehead atoms. The van der Waals surface area contributed by atoms with Crippen molar-refractivity contribution in [2.45, 2.75) is 26.2 Å². The highest BCUT2D eigenvalue weighted by atomic mass is 16.4. The number of hydrogen-bond acceptors (Lipinski definition) is 3. The lowest BCUT2D eigenvalue weighted by Gasteiger charge is -2.19. The van der Waals surface area contributed by atoms with Crippen molar-refractivity contribution in [1.82, 2.24) is 9.80 Å². The number of nitrogens with zero attached hydrogens (tertiary/aromatic N) is 2. The van der Waals surface area contributed by atoms with Crippen molar-refractivity contribution in [2.24, 2.45) is 0 Å². The maximum absolute atomic E-state index is 11.3. The molecule has 0 aromatic heterocycles. The molecule has 0 aromatic carbocycles. The van der Waals surface area contributed by atoms with Crippen LogP contribution >= 0.6 is 0 Å². The Balaban J connectivity index is 3.70. The molecule has 5 nitrogen and oxygen atoms in total. The number of amides is 1. The Morgan fingerprint density at radius 2 is 1.75 bits per heavy atom. The monoisotopic (exact) mass is 230 g/mol. The predicted octanol–water partition coefficient (Wildman–Crippen LogP) is 0.651. The van der Waals surface area contributed by atoms with Gasteiger partial charge in [-0.15, -0.1) is 0 Å². The second-order valence-corrected chi connectivity index (χ2v) is 3.97. The fourth-order valence-electron chi connectivity index (χ4n) is 1.36. The summed E-state index contributed by atoms with van der Waals surface area (Å²) in [5, 5.41) is 8.56. The number of carboxylic acids is 1.